The van der Waals surface area contributed by atoms with Gasteiger partial charge in [-0.2, -0.15) is 0 Å². The summed E-state index contributed by atoms with van der Waals surface area (Å²) >= 11 is 0. The van der Waals surface area contributed by atoms with Crippen molar-refractivity contribution in [3.8, 4) is 0 Å². The smallest absolute Gasteiger partial charge is 0.136 e. The van der Waals surface area contributed by atoms with Crippen molar-refractivity contribution in [2.45, 2.75) is 32.1 Å². The first-order valence-corrected chi connectivity index (χ1v) is 5.40. The summed E-state index contributed by atoms with van der Waals surface area (Å²) < 4.78 is 0. The van der Waals surface area contributed by atoms with Gasteiger partial charge in [-0.05, 0) is 24.3 Å². The van der Waals surface area contributed by atoms with Crippen molar-refractivity contribution in [2.24, 2.45) is 5.92 Å². The van der Waals surface area contributed by atoms with Crippen LogP contribution in [-0.2, 0) is 4.79 Å². The highest BCUT2D eigenvalue weighted by molar-refractivity contribution is 5.84. The fourth-order valence-electron chi connectivity index (χ4n) is 2.05. The van der Waals surface area contributed by atoms with Crippen LogP contribution in [0.2, 0.25) is 0 Å². The van der Waals surface area contributed by atoms with Crippen LogP contribution in [0.4, 0.5) is 0 Å². The van der Waals surface area contributed by atoms with Crippen molar-refractivity contribution in [1.29, 1.82) is 0 Å². The maximum absolute atomic E-state index is 11.6. The molecule has 2 unspecified atom stereocenters. The third kappa shape index (κ3) is 1.87. The number of hydrogen-bond acceptors (Lipinski definition) is 1. The standard InChI is InChI=1S/C13H16O/c1-2-6-13(14)12-9-11(12)10-7-4-3-5-8-10/h3-5,7-8,11-12H,2,6,9H2,1H3. The molecule has 0 heterocycles. The van der Waals surface area contributed by atoms with Gasteiger partial charge in [-0.1, -0.05) is 37.3 Å². The topological polar surface area (TPSA) is 17.1 Å². The zero-order chi connectivity index (χ0) is 9.97. The van der Waals surface area contributed by atoms with Gasteiger partial charge in [-0.3, -0.25) is 4.79 Å². The van der Waals surface area contributed by atoms with Crippen molar-refractivity contribution >= 4 is 5.78 Å². The van der Waals surface area contributed by atoms with E-state index in [1.165, 1.54) is 5.56 Å². The third-order valence-electron chi connectivity index (χ3n) is 2.93. The minimum absolute atomic E-state index is 0.331. The average molecular weight is 188 g/mol. The Morgan fingerprint density at radius 3 is 2.71 bits per heavy atom. The van der Waals surface area contributed by atoms with Crippen LogP contribution in [0, 0.1) is 5.92 Å². The van der Waals surface area contributed by atoms with Gasteiger partial charge < -0.3 is 0 Å². The summed E-state index contributed by atoms with van der Waals surface area (Å²) in [5.74, 6) is 1.31. The number of hydrogen-bond donors (Lipinski definition) is 0. The van der Waals surface area contributed by atoms with Gasteiger partial charge in [0, 0.05) is 12.3 Å². The van der Waals surface area contributed by atoms with Gasteiger partial charge in [0.05, 0.1) is 0 Å². The van der Waals surface area contributed by atoms with Crippen molar-refractivity contribution in [2.75, 3.05) is 0 Å². The Morgan fingerprint density at radius 2 is 2.07 bits per heavy atom. The van der Waals surface area contributed by atoms with Crippen LogP contribution in [0.5, 0.6) is 0 Å². The minimum Gasteiger partial charge on any atom is -0.299 e. The molecule has 0 bridgehead atoms. The van der Waals surface area contributed by atoms with E-state index in [-0.39, 0.29) is 0 Å². The molecule has 2 rings (SSSR count). The van der Waals surface area contributed by atoms with E-state index >= 15 is 0 Å². The molecule has 0 aliphatic heterocycles. The van der Waals surface area contributed by atoms with Crippen LogP contribution < -0.4 is 0 Å². The van der Waals surface area contributed by atoms with Crippen molar-refractivity contribution in [3.05, 3.63) is 35.9 Å². The maximum Gasteiger partial charge on any atom is 0.136 e. The summed E-state index contributed by atoms with van der Waals surface area (Å²) in [7, 11) is 0. The molecule has 1 aromatic rings. The number of carbonyl (C=O) groups excluding carboxylic acids is 1. The third-order valence-corrected chi connectivity index (χ3v) is 2.93. The second-order valence-electron chi connectivity index (χ2n) is 4.08. The Labute approximate surface area is 85.1 Å². The molecule has 74 valence electrons. The van der Waals surface area contributed by atoms with Gasteiger partial charge in [0.1, 0.15) is 5.78 Å². The molecule has 0 radical (unpaired) electrons. The van der Waals surface area contributed by atoms with Crippen LogP contribution in [0.25, 0.3) is 0 Å². The Kier molecular flexibility index (Phi) is 2.67. The lowest BCUT2D eigenvalue weighted by Crippen LogP contribution is -2.00. The van der Waals surface area contributed by atoms with E-state index in [0.29, 0.717) is 17.6 Å². The lowest BCUT2D eigenvalue weighted by molar-refractivity contribution is -0.120. The molecule has 1 aliphatic carbocycles. The first-order valence-electron chi connectivity index (χ1n) is 5.40. The molecule has 1 nitrogen and oxygen atoms in total. The van der Waals surface area contributed by atoms with Crippen molar-refractivity contribution in [3.63, 3.8) is 0 Å². The summed E-state index contributed by atoms with van der Waals surface area (Å²) in [4.78, 5) is 11.6. The first kappa shape index (κ1) is 9.45. The Bertz CT molecular complexity index is 315. The Hall–Kier alpha value is -1.11. The summed E-state index contributed by atoms with van der Waals surface area (Å²) in [6, 6.07) is 10.4. The minimum atomic E-state index is 0.331. The number of carbonyl (C=O) groups is 1. The lowest BCUT2D eigenvalue weighted by atomic mass is 10.1. The maximum atomic E-state index is 11.6. The largest absolute Gasteiger partial charge is 0.299 e. The number of Topliss-reactive ketones (excluding diaryl/α,β-unsaturated/α-hetero) is 1. The van der Waals surface area contributed by atoms with Crippen LogP contribution in [-0.4, -0.2) is 5.78 Å². The van der Waals surface area contributed by atoms with Gasteiger partial charge in [0.25, 0.3) is 0 Å². The second-order valence-corrected chi connectivity index (χ2v) is 4.08. The number of ketones is 1. The summed E-state index contributed by atoms with van der Waals surface area (Å²) in [6.45, 7) is 2.07. The molecule has 1 fully saturated rings. The highest BCUT2D eigenvalue weighted by Gasteiger charge is 2.42. The first-order chi connectivity index (χ1) is 6.83. The quantitative estimate of drug-likeness (QED) is 0.709. The summed E-state index contributed by atoms with van der Waals surface area (Å²) in [6.07, 6.45) is 2.81. The molecule has 0 aromatic heterocycles. The van der Waals surface area contributed by atoms with Gasteiger partial charge in [-0.15, -0.1) is 0 Å². The summed E-state index contributed by atoms with van der Waals surface area (Å²) in [5, 5.41) is 0. The number of rotatable bonds is 4. The fourth-order valence-corrected chi connectivity index (χ4v) is 2.05. The van der Waals surface area contributed by atoms with E-state index in [1.807, 2.05) is 6.07 Å². The molecule has 1 saturated carbocycles. The van der Waals surface area contributed by atoms with E-state index in [1.54, 1.807) is 0 Å². The van der Waals surface area contributed by atoms with E-state index < -0.39 is 0 Å². The molecule has 2 atom stereocenters. The monoisotopic (exact) mass is 188 g/mol. The highest BCUT2D eigenvalue weighted by atomic mass is 16.1. The van der Waals surface area contributed by atoms with Crippen molar-refractivity contribution in [1.82, 2.24) is 0 Å². The molecule has 0 amide bonds. The van der Waals surface area contributed by atoms with Crippen LogP contribution in [0.3, 0.4) is 0 Å². The van der Waals surface area contributed by atoms with E-state index in [0.717, 1.165) is 19.3 Å². The predicted octanol–water partition coefficient (Wildman–Crippen LogP) is 3.16. The molecular formula is C13H16O. The van der Waals surface area contributed by atoms with Crippen molar-refractivity contribution < 1.29 is 4.79 Å². The van der Waals surface area contributed by atoms with Gasteiger partial charge in [0.15, 0.2) is 0 Å². The molecular weight excluding hydrogens is 172 g/mol. The van der Waals surface area contributed by atoms with Crippen LogP contribution >= 0.6 is 0 Å². The molecule has 0 N–H and O–H groups in total. The molecule has 0 spiro atoms. The summed E-state index contributed by atoms with van der Waals surface area (Å²) in [5.41, 5.74) is 1.34. The van der Waals surface area contributed by atoms with Gasteiger partial charge in [-0.25, -0.2) is 0 Å². The average Bonchev–Trinajstić information content (AvgIpc) is 2.99. The van der Waals surface area contributed by atoms with E-state index in [2.05, 4.69) is 31.2 Å². The van der Waals surface area contributed by atoms with E-state index in [4.69, 9.17) is 0 Å². The van der Waals surface area contributed by atoms with Gasteiger partial charge >= 0.3 is 0 Å². The lowest BCUT2D eigenvalue weighted by Gasteiger charge is -1.98. The highest BCUT2D eigenvalue weighted by Crippen LogP contribution is 2.48. The predicted molar refractivity (Wildman–Crippen MR) is 57.2 cm³/mol. The van der Waals surface area contributed by atoms with Crippen LogP contribution in [0.1, 0.15) is 37.7 Å². The molecule has 1 aromatic carbocycles. The normalized spacial score (nSPS) is 24.6. The molecule has 0 saturated heterocycles. The zero-order valence-corrected chi connectivity index (χ0v) is 8.57. The Balaban J connectivity index is 1.96. The molecule has 1 heteroatoms. The fraction of sp³-hybridized carbons (Fsp3) is 0.462. The second kappa shape index (κ2) is 3.95. The molecule has 14 heavy (non-hydrogen) atoms. The van der Waals surface area contributed by atoms with E-state index in [9.17, 15) is 4.79 Å². The van der Waals surface area contributed by atoms with Crippen LogP contribution in [0.15, 0.2) is 30.3 Å². The Morgan fingerprint density at radius 1 is 1.36 bits per heavy atom. The SMILES string of the molecule is CCCC(=O)C1CC1c1ccccc1. The zero-order valence-electron chi connectivity index (χ0n) is 8.57. The molecule has 1 aliphatic rings. The number of benzene rings is 1. The van der Waals surface area contributed by atoms with Gasteiger partial charge in [0.2, 0.25) is 0 Å².